The van der Waals surface area contributed by atoms with E-state index in [2.05, 4.69) is 4.98 Å². The Hall–Kier alpha value is -3.09. The summed E-state index contributed by atoms with van der Waals surface area (Å²) in [4.78, 5) is 32.3. The molecule has 2 amide bonds. The molecule has 154 valence electrons. The smallest absolute Gasteiger partial charge is 0.224 e. The lowest BCUT2D eigenvalue weighted by Crippen LogP contribution is -2.38. The second-order valence-corrected chi connectivity index (χ2v) is 7.09. The summed E-state index contributed by atoms with van der Waals surface area (Å²) in [6.45, 7) is 3.60. The number of rotatable bonds is 7. The Kier molecular flexibility index (Phi) is 6.69. The van der Waals surface area contributed by atoms with Gasteiger partial charge in [-0.2, -0.15) is 0 Å². The number of carbonyl (C=O) groups excluding carboxylic acids is 2. The third kappa shape index (κ3) is 5.04. The number of ether oxygens (including phenoxy) is 2. The van der Waals surface area contributed by atoms with Gasteiger partial charge in [-0.05, 0) is 47.4 Å². The summed E-state index contributed by atoms with van der Waals surface area (Å²) in [5.41, 5.74) is 3.24. The third-order valence-electron chi connectivity index (χ3n) is 5.23. The van der Waals surface area contributed by atoms with Crippen molar-refractivity contribution < 1.29 is 19.1 Å². The van der Waals surface area contributed by atoms with E-state index in [-0.39, 0.29) is 11.8 Å². The molecule has 0 spiro atoms. The van der Waals surface area contributed by atoms with Gasteiger partial charge in [0, 0.05) is 51.9 Å². The lowest BCUT2D eigenvalue weighted by Gasteiger charge is -2.30. The van der Waals surface area contributed by atoms with E-state index in [0.29, 0.717) is 44.1 Å². The van der Waals surface area contributed by atoms with E-state index in [0.717, 1.165) is 17.5 Å². The molecule has 7 heteroatoms. The maximum absolute atomic E-state index is 12.8. The van der Waals surface area contributed by atoms with Crippen LogP contribution in [0.4, 0.5) is 0 Å². The first-order valence-corrected chi connectivity index (χ1v) is 9.67. The van der Waals surface area contributed by atoms with Crippen LogP contribution in [0.3, 0.4) is 0 Å². The van der Waals surface area contributed by atoms with E-state index >= 15 is 0 Å². The Labute approximate surface area is 171 Å². The molecule has 1 aliphatic heterocycles. The molecule has 0 radical (unpaired) electrons. The van der Waals surface area contributed by atoms with Crippen molar-refractivity contribution in [2.75, 3.05) is 27.3 Å². The first-order chi connectivity index (χ1) is 14.0. The van der Waals surface area contributed by atoms with Crippen LogP contribution in [0.25, 0.3) is 0 Å². The van der Waals surface area contributed by atoms with Gasteiger partial charge in [0.1, 0.15) is 0 Å². The van der Waals surface area contributed by atoms with Gasteiger partial charge in [-0.3, -0.25) is 14.6 Å². The normalized spacial score (nSPS) is 12.9. The van der Waals surface area contributed by atoms with Gasteiger partial charge in [-0.15, -0.1) is 0 Å². The van der Waals surface area contributed by atoms with Gasteiger partial charge in [-0.25, -0.2) is 0 Å². The van der Waals surface area contributed by atoms with E-state index in [1.165, 1.54) is 12.5 Å². The van der Waals surface area contributed by atoms with Gasteiger partial charge in [0.25, 0.3) is 0 Å². The average molecular weight is 397 g/mol. The summed E-state index contributed by atoms with van der Waals surface area (Å²) in [7, 11) is 3.23. The van der Waals surface area contributed by atoms with Gasteiger partial charge in [0.05, 0.1) is 14.2 Å². The molecule has 0 saturated carbocycles. The standard InChI is InChI=1S/C22H27N3O4/c1-16(26)24(14-17-4-8-23-9-5-17)11-7-22(27)25-10-6-18-12-20(28-2)21(29-3)13-19(18)15-25/h4-5,8-9,12-13H,6-7,10-11,14-15H2,1-3H3. The molecule has 1 aliphatic rings. The topological polar surface area (TPSA) is 72.0 Å². The number of fused-ring (bicyclic) bond motifs is 1. The Morgan fingerprint density at radius 1 is 1.10 bits per heavy atom. The maximum atomic E-state index is 12.8. The van der Waals surface area contributed by atoms with Crippen LogP contribution in [-0.4, -0.2) is 53.9 Å². The molecule has 2 aromatic rings. The molecule has 29 heavy (non-hydrogen) atoms. The van der Waals surface area contributed by atoms with E-state index in [1.54, 1.807) is 31.5 Å². The van der Waals surface area contributed by atoms with Crippen LogP contribution in [0, 0.1) is 0 Å². The van der Waals surface area contributed by atoms with Crippen LogP contribution in [0.5, 0.6) is 11.5 Å². The number of hydrogen-bond donors (Lipinski definition) is 0. The first-order valence-electron chi connectivity index (χ1n) is 9.67. The number of carbonyl (C=O) groups is 2. The van der Waals surface area contributed by atoms with Crippen molar-refractivity contribution in [2.45, 2.75) is 32.9 Å². The molecule has 0 atom stereocenters. The summed E-state index contributed by atoms with van der Waals surface area (Å²) in [5.74, 6) is 1.38. The first kappa shape index (κ1) is 20.6. The lowest BCUT2D eigenvalue weighted by molar-refractivity contribution is -0.134. The zero-order valence-corrected chi connectivity index (χ0v) is 17.2. The SMILES string of the molecule is COc1cc2c(cc1OC)CN(C(=O)CCN(Cc1ccncc1)C(C)=O)CC2. The van der Waals surface area contributed by atoms with Crippen molar-refractivity contribution in [3.63, 3.8) is 0 Å². The van der Waals surface area contributed by atoms with Crippen molar-refractivity contribution in [1.82, 2.24) is 14.8 Å². The van der Waals surface area contributed by atoms with E-state index in [4.69, 9.17) is 9.47 Å². The predicted molar refractivity (Wildman–Crippen MR) is 109 cm³/mol. The highest BCUT2D eigenvalue weighted by Crippen LogP contribution is 2.33. The van der Waals surface area contributed by atoms with E-state index in [9.17, 15) is 9.59 Å². The Morgan fingerprint density at radius 3 is 2.38 bits per heavy atom. The van der Waals surface area contributed by atoms with Crippen molar-refractivity contribution in [3.8, 4) is 11.5 Å². The number of nitrogens with zero attached hydrogens (tertiary/aromatic N) is 3. The fraction of sp³-hybridized carbons (Fsp3) is 0.409. The zero-order chi connectivity index (χ0) is 20.8. The number of methoxy groups -OCH3 is 2. The fourth-order valence-corrected chi connectivity index (χ4v) is 3.54. The maximum Gasteiger partial charge on any atom is 0.224 e. The largest absolute Gasteiger partial charge is 0.493 e. The lowest BCUT2D eigenvalue weighted by atomic mass is 9.98. The van der Waals surface area contributed by atoms with Crippen molar-refractivity contribution in [1.29, 1.82) is 0 Å². The quantitative estimate of drug-likeness (QED) is 0.718. The van der Waals surface area contributed by atoms with Gasteiger partial charge in [0.15, 0.2) is 11.5 Å². The predicted octanol–water partition coefficient (Wildman–Crippen LogP) is 2.42. The highest BCUT2D eigenvalue weighted by atomic mass is 16.5. The second-order valence-electron chi connectivity index (χ2n) is 7.09. The summed E-state index contributed by atoms with van der Waals surface area (Å²) in [6.07, 6.45) is 4.47. The molecular weight excluding hydrogens is 370 g/mol. The molecule has 0 aliphatic carbocycles. The van der Waals surface area contributed by atoms with Gasteiger partial charge in [-0.1, -0.05) is 0 Å². The van der Waals surface area contributed by atoms with E-state index in [1.807, 2.05) is 29.2 Å². The molecule has 3 rings (SSSR count). The number of pyridine rings is 1. The molecule has 1 aromatic heterocycles. The molecule has 0 unspecified atom stereocenters. The van der Waals surface area contributed by atoms with Crippen LogP contribution in [0.1, 0.15) is 30.0 Å². The van der Waals surface area contributed by atoms with Crippen LogP contribution >= 0.6 is 0 Å². The molecule has 2 heterocycles. The molecule has 0 N–H and O–H groups in total. The van der Waals surface area contributed by atoms with E-state index < -0.39 is 0 Å². The minimum absolute atomic E-state index is 0.0459. The van der Waals surface area contributed by atoms with Crippen LogP contribution in [-0.2, 0) is 29.1 Å². The summed E-state index contributed by atoms with van der Waals surface area (Å²) >= 11 is 0. The van der Waals surface area contributed by atoms with Gasteiger partial charge < -0.3 is 19.3 Å². The van der Waals surface area contributed by atoms with Crippen LogP contribution < -0.4 is 9.47 Å². The fourth-order valence-electron chi connectivity index (χ4n) is 3.54. The molecule has 0 saturated heterocycles. The van der Waals surface area contributed by atoms with Gasteiger partial charge >= 0.3 is 0 Å². The monoisotopic (exact) mass is 397 g/mol. The van der Waals surface area contributed by atoms with Gasteiger partial charge in [0.2, 0.25) is 11.8 Å². The average Bonchev–Trinajstić information content (AvgIpc) is 2.75. The van der Waals surface area contributed by atoms with Crippen molar-refractivity contribution in [3.05, 3.63) is 53.3 Å². The summed E-state index contributed by atoms with van der Waals surface area (Å²) in [6, 6.07) is 7.68. The molecule has 0 bridgehead atoms. The summed E-state index contributed by atoms with van der Waals surface area (Å²) < 4.78 is 10.7. The molecule has 7 nitrogen and oxygen atoms in total. The Bertz CT molecular complexity index is 870. The minimum Gasteiger partial charge on any atom is -0.493 e. The second kappa shape index (κ2) is 9.41. The number of hydrogen-bond acceptors (Lipinski definition) is 5. The number of aromatic nitrogens is 1. The Morgan fingerprint density at radius 2 is 1.76 bits per heavy atom. The highest BCUT2D eigenvalue weighted by molar-refractivity contribution is 5.78. The molecule has 0 fully saturated rings. The van der Waals surface area contributed by atoms with Crippen LogP contribution in [0.2, 0.25) is 0 Å². The molecular formula is C22H27N3O4. The highest BCUT2D eigenvalue weighted by Gasteiger charge is 2.23. The number of amides is 2. The van der Waals surface area contributed by atoms with Crippen molar-refractivity contribution in [2.24, 2.45) is 0 Å². The minimum atomic E-state index is -0.0459. The summed E-state index contributed by atoms with van der Waals surface area (Å²) in [5, 5.41) is 0. The zero-order valence-electron chi connectivity index (χ0n) is 17.2. The Balaban J connectivity index is 1.61. The molecule has 1 aromatic carbocycles. The van der Waals surface area contributed by atoms with Crippen molar-refractivity contribution >= 4 is 11.8 Å². The van der Waals surface area contributed by atoms with Crippen LogP contribution in [0.15, 0.2) is 36.7 Å². The third-order valence-corrected chi connectivity index (χ3v) is 5.23. The number of benzene rings is 1.